The number of unbranched alkanes of at least 4 members (excludes halogenated alkanes) is 1. The predicted octanol–water partition coefficient (Wildman–Crippen LogP) is 4.37. The van der Waals surface area contributed by atoms with Crippen molar-refractivity contribution in [1.29, 1.82) is 0 Å². The highest BCUT2D eigenvalue weighted by Gasteiger charge is 2.06. The van der Waals surface area contributed by atoms with Crippen LogP contribution in [-0.2, 0) is 4.79 Å². The molecule has 1 amide bonds. The van der Waals surface area contributed by atoms with Crippen molar-refractivity contribution in [2.24, 2.45) is 0 Å². The van der Waals surface area contributed by atoms with E-state index in [2.05, 4.69) is 10.4 Å². The lowest BCUT2D eigenvalue weighted by Crippen LogP contribution is -2.12. The number of benzene rings is 2. The van der Waals surface area contributed by atoms with Gasteiger partial charge in [0.15, 0.2) is 5.82 Å². The van der Waals surface area contributed by atoms with Gasteiger partial charge < -0.3 is 10.1 Å². The molecule has 2 aromatic carbocycles. The van der Waals surface area contributed by atoms with E-state index in [1.165, 1.54) is 5.56 Å². The number of hydrogen-bond acceptors (Lipinski definition) is 3. The van der Waals surface area contributed by atoms with Crippen molar-refractivity contribution < 1.29 is 9.53 Å². The van der Waals surface area contributed by atoms with Gasteiger partial charge in [0.2, 0.25) is 5.91 Å². The molecule has 1 aromatic heterocycles. The quantitative estimate of drug-likeness (QED) is 0.615. The summed E-state index contributed by atoms with van der Waals surface area (Å²) in [5.74, 6) is 1.41. The first-order valence-electron chi connectivity index (χ1n) is 8.81. The molecule has 134 valence electrons. The van der Waals surface area contributed by atoms with Crippen LogP contribution < -0.4 is 10.1 Å². The van der Waals surface area contributed by atoms with E-state index in [0.717, 1.165) is 24.3 Å². The molecule has 0 aliphatic heterocycles. The summed E-state index contributed by atoms with van der Waals surface area (Å²) in [4.78, 5) is 12.0. The van der Waals surface area contributed by atoms with Crippen molar-refractivity contribution in [3.63, 3.8) is 0 Å². The van der Waals surface area contributed by atoms with Crippen LogP contribution in [0.4, 0.5) is 5.82 Å². The molecule has 3 aromatic rings. The Kier molecular flexibility index (Phi) is 6.04. The Balaban J connectivity index is 1.37. The molecular weight excluding hydrogens is 326 g/mol. The van der Waals surface area contributed by atoms with Gasteiger partial charge in [-0.05, 0) is 49.6 Å². The SMILES string of the molecule is Cc1cccc(OCCCCC(=O)Nc2ccn(-c3ccccc3)n2)c1. The number of rotatable bonds is 8. The number of aromatic nitrogens is 2. The van der Waals surface area contributed by atoms with E-state index in [9.17, 15) is 4.79 Å². The van der Waals surface area contributed by atoms with Crippen molar-refractivity contribution in [1.82, 2.24) is 9.78 Å². The van der Waals surface area contributed by atoms with Crippen LogP contribution in [0.15, 0.2) is 66.9 Å². The molecule has 0 aliphatic rings. The van der Waals surface area contributed by atoms with Crippen molar-refractivity contribution in [2.45, 2.75) is 26.2 Å². The van der Waals surface area contributed by atoms with Gasteiger partial charge in [0, 0.05) is 18.7 Å². The van der Waals surface area contributed by atoms with Gasteiger partial charge in [-0.15, -0.1) is 0 Å². The lowest BCUT2D eigenvalue weighted by Gasteiger charge is -2.06. The van der Waals surface area contributed by atoms with Crippen molar-refractivity contribution in [3.05, 3.63) is 72.4 Å². The molecule has 1 heterocycles. The third-order valence-electron chi connectivity index (χ3n) is 3.93. The Morgan fingerprint density at radius 2 is 1.92 bits per heavy atom. The zero-order valence-corrected chi connectivity index (χ0v) is 14.9. The molecule has 0 saturated carbocycles. The van der Waals surface area contributed by atoms with Crippen LogP contribution in [-0.4, -0.2) is 22.3 Å². The number of para-hydroxylation sites is 1. The van der Waals surface area contributed by atoms with Crippen LogP contribution in [0.2, 0.25) is 0 Å². The number of ether oxygens (including phenoxy) is 1. The Morgan fingerprint density at radius 3 is 2.73 bits per heavy atom. The maximum atomic E-state index is 12.0. The molecule has 0 radical (unpaired) electrons. The van der Waals surface area contributed by atoms with Gasteiger partial charge in [0.25, 0.3) is 0 Å². The van der Waals surface area contributed by atoms with Gasteiger partial charge in [-0.25, -0.2) is 4.68 Å². The topological polar surface area (TPSA) is 56.1 Å². The van der Waals surface area contributed by atoms with Gasteiger partial charge in [0.1, 0.15) is 5.75 Å². The Hall–Kier alpha value is -3.08. The Morgan fingerprint density at radius 1 is 1.08 bits per heavy atom. The number of carbonyl (C=O) groups excluding carboxylic acids is 1. The maximum absolute atomic E-state index is 12.0. The molecule has 0 bridgehead atoms. The first kappa shape index (κ1) is 17.7. The molecule has 5 nitrogen and oxygen atoms in total. The molecule has 0 fully saturated rings. The van der Waals surface area contributed by atoms with Crippen molar-refractivity contribution >= 4 is 11.7 Å². The van der Waals surface area contributed by atoms with Crippen molar-refractivity contribution in [2.75, 3.05) is 11.9 Å². The lowest BCUT2D eigenvalue weighted by molar-refractivity contribution is -0.116. The standard InChI is InChI=1S/C21H23N3O2/c1-17-8-7-11-19(16-17)26-15-6-5-12-21(25)22-20-13-14-24(23-20)18-9-3-2-4-10-18/h2-4,7-11,13-14,16H,5-6,12,15H2,1H3,(H,22,23,25). The van der Waals surface area contributed by atoms with Crippen molar-refractivity contribution in [3.8, 4) is 11.4 Å². The van der Waals surface area contributed by atoms with E-state index in [1.807, 2.05) is 67.7 Å². The van der Waals surface area contributed by atoms with Gasteiger partial charge in [-0.1, -0.05) is 30.3 Å². The number of aryl methyl sites for hydroxylation is 1. The number of nitrogens with one attached hydrogen (secondary N) is 1. The van der Waals surface area contributed by atoms with E-state index < -0.39 is 0 Å². The van der Waals surface area contributed by atoms with Crippen LogP contribution in [0.3, 0.4) is 0 Å². The first-order valence-corrected chi connectivity index (χ1v) is 8.81. The largest absolute Gasteiger partial charge is 0.494 e. The highest BCUT2D eigenvalue weighted by atomic mass is 16.5. The number of anilines is 1. The van der Waals surface area contributed by atoms with E-state index in [1.54, 1.807) is 10.7 Å². The number of amides is 1. The molecule has 1 N–H and O–H groups in total. The predicted molar refractivity (Wildman–Crippen MR) is 103 cm³/mol. The summed E-state index contributed by atoms with van der Waals surface area (Å²) >= 11 is 0. The molecule has 0 atom stereocenters. The van der Waals surface area contributed by atoms with E-state index >= 15 is 0 Å². The smallest absolute Gasteiger partial charge is 0.225 e. The second-order valence-corrected chi connectivity index (χ2v) is 6.15. The summed E-state index contributed by atoms with van der Waals surface area (Å²) in [5, 5.41) is 7.21. The average molecular weight is 349 g/mol. The highest BCUT2D eigenvalue weighted by molar-refractivity contribution is 5.89. The minimum atomic E-state index is -0.0288. The summed E-state index contributed by atoms with van der Waals surface area (Å²) in [7, 11) is 0. The van der Waals surface area contributed by atoms with Crippen LogP contribution in [0.1, 0.15) is 24.8 Å². The first-order chi connectivity index (χ1) is 12.7. The second kappa shape index (κ2) is 8.85. The fraction of sp³-hybridized carbons (Fsp3) is 0.238. The lowest BCUT2D eigenvalue weighted by atomic mass is 10.2. The van der Waals surface area contributed by atoms with Crippen LogP contribution in [0.25, 0.3) is 5.69 Å². The fourth-order valence-electron chi connectivity index (χ4n) is 2.60. The summed E-state index contributed by atoms with van der Waals surface area (Å²) < 4.78 is 7.43. The second-order valence-electron chi connectivity index (χ2n) is 6.15. The summed E-state index contributed by atoms with van der Waals surface area (Å²) in [6, 6.07) is 19.6. The Labute approximate surface area is 153 Å². The van der Waals surface area contributed by atoms with Crippen LogP contribution in [0, 0.1) is 6.92 Å². The third-order valence-corrected chi connectivity index (χ3v) is 3.93. The number of carbonyl (C=O) groups is 1. The summed E-state index contributed by atoms with van der Waals surface area (Å²) in [6.45, 7) is 2.65. The minimum absolute atomic E-state index is 0.0288. The van der Waals surface area contributed by atoms with Gasteiger partial charge >= 0.3 is 0 Å². The molecule has 3 rings (SSSR count). The zero-order valence-electron chi connectivity index (χ0n) is 14.9. The molecule has 5 heteroatoms. The van der Waals surface area contributed by atoms with Gasteiger partial charge in [-0.3, -0.25) is 4.79 Å². The van der Waals surface area contributed by atoms with Crippen LogP contribution in [0.5, 0.6) is 5.75 Å². The fourth-order valence-corrected chi connectivity index (χ4v) is 2.60. The molecule has 26 heavy (non-hydrogen) atoms. The summed E-state index contributed by atoms with van der Waals surface area (Å²) in [5.41, 5.74) is 2.14. The molecule has 0 saturated heterocycles. The number of hydrogen-bond donors (Lipinski definition) is 1. The Bertz CT molecular complexity index is 843. The normalized spacial score (nSPS) is 10.5. The molecular formula is C21H23N3O2. The van der Waals surface area contributed by atoms with Gasteiger partial charge in [0.05, 0.1) is 12.3 Å². The number of nitrogens with zero attached hydrogens (tertiary/aromatic N) is 2. The van der Waals surface area contributed by atoms with E-state index in [4.69, 9.17) is 4.74 Å². The summed E-state index contributed by atoms with van der Waals surface area (Å²) in [6.07, 6.45) is 3.90. The third kappa shape index (κ3) is 5.21. The van der Waals surface area contributed by atoms with E-state index in [-0.39, 0.29) is 5.91 Å². The average Bonchev–Trinajstić information content (AvgIpc) is 3.11. The van der Waals surface area contributed by atoms with E-state index in [0.29, 0.717) is 18.8 Å². The molecule has 0 unspecified atom stereocenters. The minimum Gasteiger partial charge on any atom is -0.494 e. The monoisotopic (exact) mass is 349 g/mol. The molecule has 0 aliphatic carbocycles. The molecule has 0 spiro atoms. The highest BCUT2D eigenvalue weighted by Crippen LogP contribution is 2.13. The maximum Gasteiger partial charge on any atom is 0.225 e. The van der Waals surface area contributed by atoms with Gasteiger partial charge in [-0.2, -0.15) is 5.10 Å². The van der Waals surface area contributed by atoms with Crippen LogP contribution >= 0.6 is 0 Å². The zero-order chi connectivity index (χ0) is 18.2.